The highest BCUT2D eigenvalue weighted by molar-refractivity contribution is 7.98. The molecule has 0 saturated carbocycles. The number of aromatic nitrogens is 2. The molecule has 110 valence electrons. The average molecular weight is 311 g/mol. The minimum atomic E-state index is -0.377. The van der Waals surface area contributed by atoms with Crippen LogP contribution >= 0.6 is 11.8 Å². The second-order valence-corrected chi connectivity index (χ2v) is 5.77. The highest BCUT2D eigenvalue weighted by atomic mass is 32.2. The Kier molecular flexibility index (Phi) is 4.02. The number of para-hydroxylation sites is 1. The van der Waals surface area contributed by atoms with Crippen LogP contribution in [0.25, 0.3) is 10.9 Å². The summed E-state index contributed by atoms with van der Waals surface area (Å²) in [6, 6.07) is 14.5. The maximum Gasteiger partial charge on any atom is 0.269 e. The van der Waals surface area contributed by atoms with Gasteiger partial charge in [-0.2, -0.15) is 0 Å². The third-order valence-corrected chi connectivity index (χ3v) is 4.24. The van der Waals surface area contributed by atoms with Gasteiger partial charge < -0.3 is 0 Å². The topological polar surface area (TPSA) is 68.9 Å². The summed E-state index contributed by atoms with van der Waals surface area (Å²) in [5.74, 6) is 1.35. The summed E-state index contributed by atoms with van der Waals surface area (Å²) in [6.45, 7) is 1.86. The zero-order valence-corrected chi connectivity index (χ0v) is 12.7. The van der Waals surface area contributed by atoms with E-state index in [1.54, 1.807) is 23.9 Å². The molecule has 6 heteroatoms. The second-order valence-electron chi connectivity index (χ2n) is 4.81. The molecule has 3 aromatic rings. The fraction of sp³-hybridized carbons (Fsp3) is 0.125. The summed E-state index contributed by atoms with van der Waals surface area (Å²) in [5.41, 5.74) is 1.93. The van der Waals surface area contributed by atoms with Gasteiger partial charge in [-0.05, 0) is 18.6 Å². The van der Waals surface area contributed by atoms with Crippen molar-refractivity contribution in [3.05, 3.63) is 70.0 Å². The number of fused-ring (bicyclic) bond motifs is 1. The van der Waals surface area contributed by atoms with Gasteiger partial charge in [0.2, 0.25) is 0 Å². The number of nitrogens with zero attached hydrogens (tertiary/aromatic N) is 3. The molecule has 0 N–H and O–H groups in total. The lowest BCUT2D eigenvalue weighted by Crippen LogP contribution is -1.93. The lowest BCUT2D eigenvalue weighted by molar-refractivity contribution is -0.384. The van der Waals surface area contributed by atoms with Crippen molar-refractivity contribution in [2.75, 3.05) is 0 Å². The third kappa shape index (κ3) is 3.07. The predicted octanol–water partition coefficient (Wildman–Crippen LogP) is 4.14. The van der Waals surface area contributed by atoms with E-state index in [1.165, 1.54) is 6.07 Å². The fourth-order valence-corrected chi connectivity index (χ4v) is 3.19. The van der Waals surface area contributed by atoms with Crippen LogP contribution in [0.2, 0.25) is 0 Å². The van der Waals surface area contributed by atoms with Crippen molar-refractivity contribution >= 4 is 28.4 Å². The quantitative estimate of drug-likeness (QED) is 0.313. The van der Waals surface area contributed by atoms with Crippen molar-refractivity contribution in [3.8, 4) is 0 Å². The van der Waals surface area contributed by atoms with Crippen molar-refractivity contribution < 1.29 is 4.92 Å². The lowest BCUT2D eigenvalue weighted by Gasteiger charge is -2.06. The zero-order chi connectivity index (χ0) is 15.5. The molecule has 0 unspecified atom stereocenters. The maximum atomic E-state index is 10.8. The number of hydrogen-bond acceptors (Lipinski definition) is 5. The lowest BCUT2D eigenvalue weighted by atomic mass is 10.2. The zero-order valence-electron chi connectivity index (χ0n) is 11.9. The largest absolute Gasteiger partial charge is 0.269 e. The van der Waals surface area contributed by atoms with Crippen molar-refractivity contribution in [2.45, 2.75) is 17.7 Å². The van der Waals surface area contributed by atoms with E-state index in [0.29, 0.717) is 5.75 Å². The number of non-ortho nitro benzene ring substituents is 1. The molecule has 0 fully saturated rings. The molecule has 2 aromatic carbocycles. The van der Waals surface area contributed by atoms with Gasteiger partial charge in [-0.1, -0.05) is 30.3 Å². The van der Waals surface area contributed by atoms with Crippen LogP contribution in [0.1, 0.15) is 11.4 Å². The van der Waals surface area contributed by atoms with Crippen molar-refractivity contribution in [2.24, 2.45) is 0 Å². The van der Waals surface area contributed by atoms with E-state index in [4.69, 9.17) is 0 Å². The molecule has 3 rings (SSSR count). The molecule has 5 nitrogen and oxygen atoms in total. The molecule has 1 heterocycles. The molecule has 0 aliphatic rings. The van der Waals surface area contributed by atoms with Crippen molar-refractivity contribution in [1.82, 2.24) is 9.97 Å². The van der Waals surface area contributed by atoms with Crippen LogP contribution in [0.4, 0.5) is 5.69 Å². The van der Waals surface area contributed by atoms with Gasteiger partial charge in [0.05, 0.1) is 10.4 Å². The van der Waals surface area contributed by atoms with Gasteiger partial charge >= 0.3 is 0 Å². The smallest absolute Gasteiger partial charge is 0.258 e. The van der Waals surface area contributed by atoms with E-state index in [9.17, 15) is 10.1 Å². The number of nitro groups is 1. The molecule has 1 aromatic heterocycles. The van der Waals surface area contributed by atoms with Crippen molar-refractivity contribution in [1.29, 1.82) is 0 Å². The number of benzene rings is 2. The van der Waals surface area contributed by atoms with E-state index in [-0.39, 0.29) is 10.6 Å². The molecule has 0 atom stereocenters. The molecule has 0 radical (unpaired) electrons. The Labute approximate surface area is 131 Å². The Hall–Kier alpha value is -2.47. The number of hydrogen-bond donors (Lipinski definition) is 0. The van der Waals surface area contributed by atoms with Crippen molar-refractivity contribution in [3.63, 3.8) is 0 Å². The summed E-state index contributed by atoms with van der Waals surface area (Å²) < 4.78 is 0. The molecule has 0 amide bonds. The van der Waals surface area contributed by atoms with Gasteiger partial charge in [-0.15, -0.1) is 11.8 Å². The second kappa shape index (κ2) is 6.11. The van der Waals surface area contributed by atoms with Crippen LogP contribution in [0.3, 0.4) is 0 Å². The van der Waals surface area contributed by atoms with Crippen LogP contribution in [0, 0.1) is 17.0 Å². The summed E-state index contributed by atoms with van der Waals surface area (Å²) in [5, 5.41) is 12.7. The predicted molar refractivity (Wildman–Crippen MR) is 86.9 cm³/mol. The third-order valence-electron chi connectivity index (χ3n) is 3.18. The minimum Gasteiger partial charge on any atom is -0.258 e. The van der Waals surface area contributed by atoms with Crippen LogP contribution in [-0.2, 0) is 5.75 Å². The summed E-state index contributed by atoms with van der Waals surface area (Å²) in [4.78, 5) is 19.4. The summed E-state index contributed by atoms with van der Waals surface area (Å²) in [7, 11) is 0. The monoisotopic (exact) mass is 311 g/mol. The van der Waals surface area contributed by atoms with E-state index in [0.717, 1.165) is 27.3 Å². The Morgan fingerprint density at radius 1 is 1.14 bits per heavy atom. The first-order chi connectivity index (χ1) is 10.6. The minimum absolute atomic E-state index is 0.113. The summed E-state index contributed by atoms with van der Waals surface area (Å²) >= 11 is 1.56. The van der Waals surface area contributed by atoms with Gasteiger partial charge in [-0.3, -0.25) is 10.1 Å². The molecule has 22 heavy (non-hydrogen) atoms. The van der Waals surface area contributed by atoms with Gasteiger partial charge in [0, 0.05) is 23.3 Å². The van der Waals surface area contributed by atoms with Gasteiger partial charge in [0.15, 0.2) is 0 Å². The van der Waals surface area contributed by atoms with E-state index in [1.807, 2.05) is 37.3 Å². The highest BCUT2D eigenvalue weighted by Gasteiger charge is 2.09. The van der Waals surface area contributed by atoms with Crippen LogP contribution in [0.5, 0.6) is 0 Å². The first-order valence-electron chi connectivity index (χ1n) is 6.73. The Morgan fingerprint density at radius 2 is 1.95 bits per heavy atom. The maximum absolute atomic E-state index is 10.8. The summed E-state index contributed by atoms with van der Waals surface area (Å²) in [6.07, 6.45) is 0. The first kappa shape index (κ1) is 14.5. The van der Waals surface area contributed by atoms with E-state index >= 15 is 0 Å². The van der Waals surface area contributed by atoms with E-state index in [2.05, 4.69) is 9.97 Å². The molecule has 0 aliphatic heterocycles. The molecule has 0 aliphatic carbocycles. The van der Waals surface area contributed by atoms with Crippen LogP contribution in [-0.4, -0.2) is 14.9 Å². The standard InChI is InChI=1S/C16H13N3O2S/c1-11-17-15-8-3-2-7-14(15)16(18-11)22-10-12-5-4-6-13(9-12)19(20)21/h2-9H,10H2,1H3. The molecule has 0 bridgehead atoms. The Bertz CT molecular complexity index is 852. The Balaban J connectivity index is 1.88. The first-order valence-corrected chi connectivity index (χ1v) is 7.71. The molecule has 0 spiro atoms. The SMILES string of the molecule is Cc1nc(SCc2cccc([N+](=O)[O-])c2)c2ccccc2n1. The highest BCUT2D eigenvalue weighted by Crippen LogP contribution is 2.28. The van der Waals surface area contributed by atoms with Gasteiger partial charge in [-0.25, -0.2) is 9.97 Å². The van der Waals surface area contributed by atoms with Crippen LogP contribution < -0.4 is 0 Å². The number of aryl methyl sites for hydroxylation is 1. The number of thioether (sulfide) groups is 1. The molecule has 0 saturated heterocycles. The van der Waals surface area contributed by atoms with E-state index < -0.39 is 0 Å². The fourth-order valence-electron chi connectivity index (χ4n) is 2.18. The number of rotatable bonds is 4. The van der Waals surface area contributed by atoms with Gasteiger partial charge in [0.1, 0.15) is 10.9 Å². The number of nitro benzene ring substituents is 1. The molecular weight excluding hydrogens is 298 g/mol. The average Bonchev–Trinajstić information content (AvgIpc) is 2.52. The van der Waals surface area contributed by atoms with Gasteiger partial charge in [0.25, 0.3) is 5.69 Å². The molecular formula is C16H13N3O2S. The normalized spacial score (nSPS) is 10.8. The van der Waals surface area contributed by atoms with Crippen LogP contribution in [0.15, 0.2) is 53.6 Å². The Morgan fingerprint density at radius 3 is 2.77 bits per heavy atom.